The number of nitrogens with zero attached hydrogens (tertiary/aromatic N) is 1. The summed E-state index contributed by atoms with van der Waals surface area (Å²) in [5.74, 6) is -0.123. The fraction of sp³-hybridized carbons (Fsp3) is 0.286. The Hall–Kier alpha value is -3.40. The van der Waals surface area contributed by atoms with E-state index in [1.54, 1.807) is 4.90 Å². The Morgan fingerprint density at radius 1 is 0.844 bits per heavy atom. The molecule has 32 heavy (non-hydrogen) atoms. The molecule has 2 amide bonds. The molecule has 166 valence electrons. The SMILES string of the molecule is CCNC(=O)[C@H](Cc1ccccc1)N(Cc1ccccc1C)C(=O)CCc1ccccc1. The van der Waals surface area contributed by atoms with Crippen molar-refractivity contribution in [1.82, 2.24) is 10.2 Å². The van der Waals surface area contributed by atoms with Crippen LogP contribution in [0.2, 0.25) is 0 Å². The second-order valence-corrected chi connectivity index (χ2v) is 8.03. The molecule has 1 atom stereocenters. The molecule has 0 radical (unpaired) electrons. The summed E-state index contributed by atoms with van der Waals surface area (Å²) in [5, 5.41) is 2.94. The predicted octanol–water partition coefficient (Wildman–Crippen LogP) is 4.70. The van der Waals surface area contributed by atoms with Crippen LogP contribution >= 0.6 is 0 Å². The highest BCUT2D eigenvalue weighted by atomic mass is 16.2. The molecule has 0 bridgehead atoms. The first-order valence-corrected chi connectivity index (χ1v) is 11.3. The zero-order chi connectivity index (χ0) is 22.8. The van der Waals surface area contributed by atoms with Gasteiger partial charge in [0, 0.05) is 25.9 Å². The Labute approximate surface area is 191 Å². The van der Waals surface area contributed by atoms with Crippen LogP contribution in [-0.4, -0.2) is 29.3 Å². The lowest BCUT2D eigenvalue weighted by molar-refractivity contribution is -0.141. The van der Waals surface area contributed by atoms with E-state index in [0.717, 1.165) is 22.3 Å². The zero-order valence-corrected chi connectivity index (χ0v) is 19.0. The molecule has 0 heterocycles. The van der Waals surface area contributed by atoms with Crippen LogP contribution in [0.1, 0.15) is 35.6 Å². The average molecular weight is 429 g/mol. The fourth-order valence-corrected chi connectivity index (χ4v) is 3.86. The van der Waals surface area contributed by atoms with E-state index in [1.165, 1.54) is 0 Å². The minimum absolute atomic E-state index is 0.00992. The first-order chi connectivity index (χ1) is 15.6. The Kier molecular flexibility index (Phi) is 8.61. The average Bonchev–Trinajstić information content (AvgIpc) is 2.82. The van der Waals surface area contributed by atoms with E-state index in [4.69, 9.17) is 0 Å². The third-order valence-electron chi connectivity index (χ3n) is 5.69. The van der Waals surface area contributed by atoms with E-state index >= 15 is 0 Å². The van der Waals surface area contributed by atoms with Gasteiger partial charge in [0.25, 0.3) is 0 Å². The maximum Gasteiger partial charge on any atom is 0.243 e. The van der Waals surface area contributed by atoms with Crippen LogP contribution in [0.15, 0.2) is 84.9 Å². The first kappa shape index (κ1) is 23.3. The van der Waals surface area contributed by atoms with Crippen molar-refractivity contribution in [3.63, 3.8) is 0 Å². The second kappa shape index (κ2) is 11.8. The van der Waals surface area contributed by atoms with Crippen molar-refractivity contribution in [2.75, 3.05) is 6.54 Å². The Balaban J connectivity index is 1.89. The number of carbonyl (C=O) groups is 2. The molecule has 0 aliphatic carbocycles. The van der Waals surface area contributed by atoms with Crippen LogP contribution in [0.4, 0.5) is 0 Å². The van der Waals surface area contributed by atoms with Gasteiger partial charge < -0.3 is 10.2 Å². The van der Waals surface area contributed by atoms with Gasteiger partial charge in [-0.2, -0.15) is 0 Å². The van der Waals surface area contributed by atoms with Crippen LogP contribution in [0.3, 0.4) is 0 Å². The number of aryl methyl sites for hydroxylation is 2. The molecule has 3 rings (SSSR count). The Morgan fingerprint density at radius 2 is 1.44 bits per heavy atom. The summed E-state index contributed by atoms with van der Waals surface area (Å²) in [7, 11) is 0. The van der Waals surface area contributed by atoms with Crippen LogP contribution in [-0.2, 0) is 29.0 Å². The monoisotopic (exact) mass is 428 g/mol. The highest BCUT2D eigenvalue weighted by molar-refractivity contribution is 5.88. The lowest BCUT2D eigenvalue weighted by atomic mass is 10.0. The lowest BCUT2D eigenvalue weighted by Gasteiger charge is -2.32. The predicted molar refractivity (Wildman–Crippen MR) is 129 cm³/mol. The number of rotatable bonds is 10. The van der Waals surface area contributed by atoms with Crippen molar-refractivity contribution >= 4 is 11.8 Å². The van der Waals surface area contributed by atoms with E-state index in [9.17, 15) is 9.59 Å². The van der Waals surface area contributed by atoms with Gasteiger partial charge in [-0.05, 0) is 42.5 Å². The molecule has 0 aliphatic rings. The molecule has 0 fully saturated rings. The smallest absolute Gasteiger partial charge is 0.243 e. The fourth-order valence-electron chi connectivity index (χ4n) is 3.86. The van der Waals surface area contributed by atoms with Gasteiger partial charge in [-0.1, -0.05) is 84.9 Å². The molecule has 3 aromatic rings. The summed E-state index contributed by atoms with van der Waals surface area (Å²) >= 11 is 0. The topological polar surface area (TPSA) is 49.4 Å². The Morgan fingerprint density at radius 3 is 2.06 bits per heavy atom. The lowest BCUT2D eigenvalue weighted by Crippen LogP contribution is -2.50. The molecule has 4 heteroatoms. The molecule has 3 aromatic carbocycles. The minimum Gasteiger partial charge on any atom is -0.355 e. The molecule has 0 saturated carbocycles. The number of benzene rings is 3. The van der Waals surface area contributed by atoms with E-state index in [-0.39, 0.29) is 11.8 Å². The van der Waals surface area contributed by atoms with Crippen LogP contribution in [0, 0.1) is 6.92 Å². The highest BCUT2D eigenvalue weighted by Crippen LogP contribution is 2.18. The molecule has 0 spiro atoms. The molecule has 4 nitrogen and oxygen atoms in total. The van der Waals surface area contributed by atoms with Crippen LogP contribution < -0.4 is 5.32 Å². The molecule has 0 aliphatic heterocycles. The van der Waals surface area contributed by atoms with Crippen molar-refractivity contribution in [2.24, 2.45) is 0 Å². The number of likely N-dealkylation sites (N-methyl/N-ethyl adjacent to an activating group) is 1. The number of nitrogens with one attached hydrogen (secondary N) is 1. The van der Waals surface area contributed by atoms with E-state index in [0.29, 0.717) is 32.4 Å². The van der Waals surface area contributed by atoms with E-state index < -0.39 is 6.04 Å². The van der Waals surface area contributed by atoms with Crippen molar-refractivity contribution < 1.29 is 9.59 Å². The number of carbonyl (C=O) groups excluding carboxylic acids is 2. The summed E-state index contributed by atoms with van der Waals surface area (Å²) in [6.07, 6.45) is 1.49. The van der Waals surface area contributed by atoms with Crippen molar-refractivity contribution in [3.05, 3.63) is 107 Å². The quantitative estimate of drug-likeness (QED) is 0.509. The number of hydrogen-bond acceptors (Lipinski definition) is 2. The van der Waals surface area contributed by atoms with Gasteiger partial charge in [-0.15, -0.1) is 0 Å². The van der Waals surface area contributed by atoms with Crippen molar-refractivity contribution in [3.8, 4) is 0 Å². The van der Waals surface area contributed by atoms with Crippen LogP contribution in [0.5, 0.6) is 0 Å². The van der Waals surface area contributed by atoms with Gasteiger partial charge in [-0.25, -0.2) is 0 Å². The van der Waals surface area contributed by atoms with Crippen molar-refractivity contribution in [1.29, 1.82) is 0 Å². The molecule has 0 unspecified atom stereocenters. The normalized spacial score (nSPS) is 11.6. The number of amides is 2. The van der Waals surface area contributed by atoms with Gasteiger partial charge in [0.1, 0.15) is 6.04 Å². The first-order valence-electron chi connectivity index (χ1n) is 11.3. The van der Waals surface area contributed by atoms with Gasteiger partial charge >= 0.3 is 0 Å². The van der Waals surface area contributed by atoms with Gasteiger partial charge in [0.15, 0.2) is 0 Å². The molecule has 0 saturated heterocycles. The minimum atomic E-state index is -0.569. The summed E-state index contributed by atoms with van der Waals surface area (Å²) in [6, 6.07) is 27.4. The van der Waals surface area contributed by atoms with E-state index in [2.05, 4.69) is 5.32 Å². The summed E-state index contributed by atoms with van der Waals surface area (Å²) < 4.78 is 0. The van der Waals surface area contributed by atoms with Crippen molar-refractivity contribution in [2.45, 2.75) is 45.7 Å². The van der Waals surface area contributed by atoms with E-state index in [1.807, 2.05) is 98.8 Å². The van der Waals surface area contributed by atoms with Gasteiger partial charge in [-0.3, -0.25) is 9.59 Å². The third-order valence-corrected chi connectivity index (χ3v) is 5.69. The van der Waals surface area contributed by atoms with Gasteiger partial charge in [0.2, 0.25) is 11.8 Å². The zero-order valence-electron chi connectivity index (χ0n) is 19.0. The number of hydrogen-bond donors (Lipinski definition) is 1. The maximum absolute atomic E-state index is 13.5. The second-order valence-electron chi connectivity index (χ2n) is 8.03. The standard InChI is InChI=1S/C28H32N2O2/c1-3-29-28(32)26(20-24-15-8-5-9-16-24)30(21-25-17-11-10-12-22(25)2)27(31)19-18-23-13-6-4-7-14-23/h4-17,26H,3,18-21H2,1-2H3,(H,29,32)/t26-/m0/s1. The van der Waals surface area contributed by atoms with Gasteiger partial charge in [0.05, 0.1) is 0 Å². The molecular weight excluding hydrogens is 396 g/mol. The Bertz CT molecular complexity index is 1000. The summed E-state index contributed by atoms with van der Waals surface area (Å²) in [4.78, 5) is 28.4. The highest BCUT2D eigenvalue weighted by Gasteiger charge is 2.30. The maximum atomic E-state index is 13.5. The largest absolute Gasteiger partial charge is 0.355 e. The summed E-state index contributed by atoms with van der Waals surface area (Å²) in [5.41, 5.74) is 4.33. The molecule has 1 N–H and O–H groups in total. The molecule has 0 aromatic heterocycles. The summed E-state index contributed by atoms with van der Waals surface area (Å²) in [6.45, 7) is 4.89. The third kappa shape index (κ3) is 6.55. The van der Waals surface area contributed by atoms with Crippen LogP contribution in [0.25, 0.3) is 0 Å². The molecular formula is C28H32N2O2.